The molecule has 0 unspecified atom stereocenters. The Morgan fingerprint density at radius 3 is 2.52 bits per heavy atom. The molecule has 0 atom stereocenters. The molecular formula is C15H17FN4O. The molecule has 3 rings (SSSR count). The second kappa shape index (κ2) is 6.05. The first-order chi connectivity index (χ1) is 10.2. The molecule has 0 radical (unpaired) electrons. The number of benzene rings is 1. The summed E-state index contributed by atoms with van der Waals surface area (Å²) < 4.78 is 18.6. The number of rotatable bonds is 3. The van der Waals surface area contributed by atoms with E-state index < -0.39 is 0 Å². The molecule has 1 aliphatic rings. The maximum atomic E-state index is 13.1. The highest BCUT2D eigenvalue weighted by Crippen LogP contribution is 2.22. The number of ether oxygens (including phenoxy) is 1. The Morgan fingerprint density at radius 1 is 1.14 bits per heavy atom. The molecule has 2 aromatic rings. The van der Waals surface area contributed by atoms with Gasteiger partial charge < -0.3 is 15.4 Å². The Hall–Kier alpha value is -2.21. The quantitative estimate of drug-likeness (QED) is 0.939. The van der Waals surface area contributed by atoms with Crippen LogP contribution >= 0.6 is 0 Å². The van der Waals surface area contributed by atoms with E-state index in [2.05, 4.69) is 14.9 Å². The maximum Gasteiger partial charge on any atom is 0.225 e. The molecule has 1 aromatic carbocycles. The molecule has 0 saturated carbocycles. The summed E-state index contributed by atoms with van der Waals surface area (Å²) in [7, 11) is 0. The fraction of sp³-hybridized carbons (Fsp3) is 0.333. The number of piperidine rings is 1. The van der Waals surface area contributed by atoms with E-state index in [9.17, 15) is 4.39 Å². The largest absolute Gasteiger partial charge is 0.454 e. The minimum atomic E-state index is -0.338. The summed E-state index contributed by atoms with van der Waals surface area (Å²) in [6.45, 7) is 1.73. The number of aromatic nitrogens is 2. The van der Waals surface area contributed by atoms with E-state index in [-0.39, 0.29) is 11.9 Å². The van der Waals surface area contributed by atoms with Crippen molar-refractivity contribution in [1.82, 2.24) is 9.97 Å². The van der Waals surface area contributed by atoms with Gasteiger partial charge in [-0.1, -0.05) is 6.07 Å². The van der Waals surface area contributed by atoms with E-state index in [1.165, 1.54) is 12.1 Å². The minimum Gasteiger partial charge on any atom is -0.454 e. The minimum absolute atomic E-state index is 0.275. The van der Waals surface area contributed by atoms with Crippen LogP contribution in [-0.4, -0.2) is 29.1 Å². The highest BCUT2D eigenvalue weighted by atomic mass is 19.1. The van der Waals surface area contributed by atoms with Crippen molar-refractivity contribution in [3.8, 4) is 11.5 Å². The lowest BCUT2D eigenvalue weighted by atomic mass is 10.1. The zero-order chi connectivity index (χ0) is 14.7. The Labute approximate surface area is 122 Å². The van der Waals surface area contributed by atoms with E-state index in [1.807, 2.05) is 0 Å². The van der Waals surface area contributed by atoms with Crippen molar-refractivity contribution in [2.24, 2.45) is 5.73 Å². The third-order valence-electron chi connectivity index (χ3n) is 3.47. The summed E-state index contributed by atoms with van der Waals surface area (Å²) in [6, 6.07) is 6.24. The Bertz CT molecular complexity index is 597. The SMILES string of the molecule is NC1CCN(c2ncc(Oc3cccc(F)c3)cn2)CC1. The Kier molecular flexibility index (Phi) is 3.96. The molecule has 0 amide bonds. The molecule has 21 heavy (non-hydrogen) atoms. The average molecular weight is 288 g/mol. The molecule has 6 heteroatoms. The summed E-state index contributed by atoms with van der Waals surface area (Å²) in [5, 5.41) is 0. The molecule has 2 N–H and O–H groups in total. The van der Waals surface area contributed by atoms with E-state index in [0.717, 1.165) is 25.9 Å². The molecule has 1 fully saturated rings. The number of hydrogen-bond acceptors (Lipinski definition) is 5. The van der Waals surface area contributed by atoms with Gasteiger partial charge in [-0.2, -0.15) is 0 Å². The van der Waals surface area contributed by atoms with Gasteiger partial charge in [0.15, 0.2) is 5.75 Å². The zero-order valence-corrected chi connectivity index (χ0v) is 11.6. The third-order valence-corrected chi connectivity index (χ3v) is 3.47. The van der Waals surface area contributed by atoms with Gasteiger partial charge in [0.25, 0.3) is 0 Å². The van der Waals surface area contributed by atoms with Crippen LogP contribution in [0.5, 0.6) is 11.5 Å². The van der Waals surface area contributed by atoms with Gasteiger partial charge in [-0.15, -0.1) is 0 Å². The van der Waals surface area contributed by atoms with Crippen LogP contribution in [-0.2, 0) is 0 Å². The van der Waals surface area contributed by atoms with Gasteiger partial charge in [-0.3, -0.25) is 0 Å². The van der Waals surface area contributed by atoms with Gasteiger partial charge in [0.2, 0.25) is 5.95 Å². The number of hydrogen-bond donors (Lipinski definition) is 1. The summed E-state index contributed by atoms with van der Waals surface area (Å²) >= 11 is 0. The molecule has 1 saturated heterocycles. The second-order valence-corrected chi connectivity index (χ2v) is 5.10. The first-order valence-electron chi connectivity index (χ1n) is 6.97. The van der Waals surface area contributed by atoms with Crippen molar-refractivity contribution in [3.63, 3.8) is 0 Å². The predicted octanol–water partition coefficient (Wildman–Crippen LogP) is 2.34. The maximum absolute atomic E-state index is 13.1. The summed E-state index contributed by atoms with van der Waals surface area (Å²) in [4.78, 5) is 10.7. The lowest BCUT2D eigenvalue weighted by molar-refractivity contribution is 0.469. The number of halogens is 1. The van der Waals surface area contributed by atoms with Gasteiger partial charge in [0, 0.05) is 25.2 Å². The van der Waals surface area contributed by atoms with Crippen LogP contribution in [0.15, 0.2) is 36.7 Å². The highest BCUT2D eigenvalue weighted by molar-refractivity contribution is 5.34. The first-order valence-corrected chi connectivity index (χ1v) is 6.97. The van der Waals surface area contributed by atoms with Crippen molar-refractivity contribution in [1.29, 1.82) is 0 Å². The monoisotopic (exact) mass is 288 g/mol. The third kappa shape index (κ3) is 3.46. The Morgan fingerprint density at radius 2 is 1.86 bits per heavy atom. The molecule has 0 aliphatic carbocycles. The van der Waals surface area contributed by atoms with Gasteiger partial charge in [0.1, 0.15) is 11.6 Å². The molecular weight excluding hydrogens is 271 g/mol. The molecule has 1 aliphatic heterocycles. The standard InChI is InChI=1S/C15H17FN4O/c16-11-2-1-3-13(8-11)21-14-9-18-15(19-10-14)20-6-4-12(17)5-7-20/h1-3,8-10,12H,4-7,17H2. The van der Waals surface area contributed by atoms with Crippen molar-refractivity contribution in [2.75, 3.05) is 18.0 Å². The molecule has 110 valence electrons. The fourth-order valence-corrected chi connectivity index (χ4v) is 2.29. The summed E-state index contributed by atoms with van der Waals surface area (Å²) in [5.74, 6) is 1.25. The molecule has 5 nitrogen and oxygen atoms in total. The fourth-order valence-electron chi connectivity index (χ4n) is 2.29. The number of nitrogens with two attached hydrogens (primary N) is 1. The highest BCUT2D eigenvalue weighted by Gasteiger charge is 2.18. The first kappa shape index (κ1) is 13.8. The van der Waals surface area contributed by atoms with Gasteiger partial charge in [0.05, 0.1) is 12.4 Å². The van der Waals surface area contributed by atoms with Gasteiger partial charge in [-0.25, -0.2) is 14.4 Å². The second-order valence-electron chi connectivity index (χ2n) is 5.10. The smallest absolute Gasteiger partial charge is 0.225 e. The topological polar surface area (TPSA) is 64.3 Å². The van der Waals surface area contributed by atoms with Crippen LogP contribution in [0.4, 0.5) is 10.3 Å². The molecule has 2 heterocycles. The summed E-state index contributed by atoms with van der Waals surface area (Å²) in [6.07, 6.45) is 5.10. The van der Waals surface area contributed by atoms with E-state index in [4.69, 9.17) is 10.5 Å². The zero-order valence-electron chi connectivity index (χ0n) is 11.6. The molecule has 1 aromatic heterocycles. The number of anilines is 1. The van der Waals surface area contributed by atoms with Crippen molar-refractivity contribution < 1.29 is 9.13 Å². The van der Waals surface area contributed by atoms with E-state index in [0.29, 0.717) is 17.4 Å². The van der Waals surface area contributed by atoms with Crippen molar-refractivity contribution in [2.45, 2.75) is 18.9 Å². The number of nitrogens with zero attached hydrogens (tertiary/aromatic N) is 3. The normalized spacial score (nSPS) is 16.0. The average Bonchev–Trinajstić information content (AvgIpc) is 2.49. The van der Waals surface area contributed by atoms with Crippen molar-refractivity contribution >= 4 is 5.95 Å². The van der Waals surface area contributed by atoms with Crippen LogP contribution in [0.25, 0.3) is 0 Å². The van der Waals surface area contributed by atoms with Crippen LogP contribution in [0, 0.1) is 5.82 Å². The predicted molar refractivity (Wildman–Crippen MR) is 77.9 cm³/mol. The lowest BCUT2D eigenvalue weighted by Crippen LogP contribution is -2.40. The molecule has 0 bridgehead atoms. The summed E-state index contributed by atoms with van der Waals surface area (Å²) in [5.41, 5.74) is 5.88. The van der Waals surface area contributed by atoms with Gasteiger partial charge >= 0.3 is 0 Å². The van der Waals surface area contributed by atoms with Gasteiger partial charge in [-0.05, 0) is 25.0 Å². The van der Waals surface area contributed by atoms with Crippen LogP contribution in [0.3, 0.4) is 0 Å². The van der Waals surface area contributed by atoms with Crippen LogP contribution < -0.4 is 15.4 Å². The Balaban J connectivity index is 1.66. The van der Waals surface area contributed by atoms with Crippen LogP contribution in [0.1, 0.15) is 12.8 Å². The van der Waals surface area contributed by atoms with E-state index >= 15 is 0 Å². The molecule has 0 spiro atoms. The van der Waals surface area contributed by atoms with E-state index in [1.54, 1.807) is 24.5 Å². The van der Waals surface area contributed by atoms with Crippen LogP contribution in [0.2, 0.25) is 0 Å². The lowest BCUT2D eigenvalue weighted by Gasteiger charge is -2.29. The van der Waals surface area contributed by atoms with Crippen molar-refractivity contribution in [3.05, 3.63) is 42.5 Å².